The van der Waals surface area contributed by atoms with Gasteiger partial charge in [-0.3, -0.25) is 0 Å². The molecule has 0 bridgehead atoms. The molecular weight excluding hydrogens is 201 g/mol. The standard InChI is InChI=1S/C14H20FN/c1-9-5-6-11(7-12(9)15)10(2)16-13-8-14(13,3)4/h5-7,10,13,16H,8H2,1-4H3. The van der Waals surface area contributed by atoms with Gasteiger partial charge in [-0.2, -0.15) is 0 Å². The molecule has 0 aromatic heterocycles. The van der Waals surface area contributed by atoms with E-state index < -0.39 is 0 Å². The zero-order chi connectivity index (χ0) is 11.9. The zero-order valence-corrected chi connectivity index (χ0v) is 10.5. The summed E-state index contributed by atoms with van der Waals surface area (Å²) in [4.78, 5) is 0. The molecule has 0 saturated heterocycles. The van der Waals surface area contributed by atoms with Crippen LogP contribution in [0, 0.1) is 18.2 Å². The maximum atomic E-state index is 13.4. The van der Waals surface area contributed by atoms with E-state index in [1.807, 2.05) is 12.1 Å². The molecule has 1 aromatic carbocycles. The van der Waals surface area contributed by atoms with Crippen LogP contribution in [-0.4, -0.2) is 6.04 Å². The molecular formula is C14H20FN. The number of benzene rings is 1. The lowest BCUT2D eigenvalue weighted by Crippen LogP contribution is -2.24. The summed E-state index contributed by atoms with van der Waals surface area (Å²) in [6.07, 6.45) is 1.21. The van der Waals surface area contributed by atoms with Gasteiger partial charge in [-0.25, -0.2) is 4.39 Å². The van der Waals surface area contributed by atoms with Crippen molar-refractivity contribution < 1.29 is 4.39 Å². The first-order chi connectivity index (χ1) is 7.40. The number of nitrogens with one attached hydrogen (secondary N) is 1. The summed E-state index contributed by atoms with van der Waals surface area (Å²) in [6, 6.07) is 6.29. The Morgan fingerprint density at radius 2 is 2.06 bits per heavy atom. The predicted octanol–water partition coefficient (Wildman–Crippen LogP) is 3.58. The number of aryl methyl sites for hydroxylation is 1. The lowest BCUT2D eigenvalue weighted by atomic mass is 10.1. The summed E-state index contributed by atoms with van der Waals surface area (Å²) in [5.74, 6) is -0.110. The van der Waals surface area contributed by atoms with E-state index in [1.54, 1.807) is 13.0 Å². The zero-order valence-electron chi connectivity index (χ0n) is 10.5. The SMILES string of the molecule is Cc1ccc(C(C)NC2CC2(C)C)cc1F. The van der Waals surface area contributed by atoms with Crippen LogP contribution in [0.2, 0.25) is 0 Å². The molecule has 0 heterocycles. The van der Waals surface area contributed by atoms with Crippen LogP contribution >= 0.6 is 0 Å². The van der Waals surface area contributed by atoms with Crippen molar-refractivity contribution in [3.8, 4) is 0 Å². The highest BCUT2D eigenvalue weighted by Crippen LogP contribution is 2.45. The van der Waals surface area contributed by atoms with Gasteiger partial charge < -0.3 is 5.32 Å². The Kier molecular flexibility index (Phi) is 2.79. The average Bonchev–Trinajstić information content (AvgIpc) is 2.78. The highest BCUT2D eigenvalue weighted by molar-refractivity contribution is 5.26. The van der Waals surface area contributed by atoms with Crippen LogP contribution in [0.4, 0.5) is 4.39 Å². The van der Waals surface area contributed by atoms with Crippen molar-refractivity contribution in [1.82, 2.24) is 5.32 Å². The molecule has 0 aliphatic heterocycles. The first-order valence-corrected chi connectivity index (χ1v) is 5.92. The highest BCUT2D eigenvalue weighted by Gasteiger charge is 2.45. The fourth-order valence-electron chi connectivity index (χ4n) is 2.03. The fourth-order valence-corrected chi connectivity index (χ4v) is 2.03. The molecule has 1 aliphatic carbocycles. The van der Waals surface area contributed by atoms with E-state index in [0.717, 1.165) is 5.56 Å². The Labute approximate surface area is 97.1 Å². The summed E-state index contributed by atoms with van der Waals surface area (Å²) in [6.45, 7) is 8.40. The molecule has 2 unspecified atom stereocenters. The normalized spacial score (nSPS) is 24.2. The summed E-state index contributed by atoms with van der Waals surface area (Å²) in [5, 5.41) is 3.54. The monoisotopic (exact) mass is 221 g/mol. The molecule has 0 spiro atoms. The summed E-state index contributed by atoms with van der Waals surface area (Å²) < 4.78 is 13.4. The molecule has 1 nitrogen and oxygen atoms in total. The molecule has 1 aliphatic rings. The van der Waals surface area contributed by atoms with Crippen molar-refractivity contribution in [2.75, 3.05) is 0 Å². The quantitative estimate of drug-likeness (QED) is 0.822. The first kappa shape index (κ1) is 11.6. The van der Waals surface area contributed by atoms with Gasteiger partial charge in [0.1, 0.15) is 5.82 Å². The van der Waals surface area contributed by atoms with Crippen LogP contribution in [-0.2, 0) is 0 Å². The lowest BCUT2D eigenvalue weighted by Gasteiger charge is -2.16. The van der Waals surface area contributed by atoms with E-state index in [4.69, 9.17) is 0 Å². The Balaban J connectivity index is 2.04. The molecule has 2 atom stereocenters. The first-order valence-electron chi connectivity index (χ1n) is 5.92. The number of rotatable bonds is 3. The van der Waals surface area contributed by atoms with E-state index >= 15 is 0 Å². The van der Waals surface area contributed by atoms with E-state index in [1.165, 1.54) is 6.42 Å². The molecule has 16 heavy (non-hydrogen) atoms. The highest BCUT2D eigenvalue weighted by atomic mass is 19.1. The van der Waals surface area contributed by atoms with Crippen LogP contribution in [0.25, 0.3) is 0 Å². The van der Waals surface area contributed by atoms with E-state index in [9.17, 15) is 4.39 Å². The van der Waals surface area contributed by atoms with Crippen molar-refractivity contribution in [3.63, 3.8) is 0 Å². The molecule has 0 radical (unpaired) electrons. The minimum atomic E-state index is -0.110. The summed E-state index contributed by atoms with van der Waals surface area (Å²) in [7, 11) is 0. The van der Waals surface area contributed by atoms with Gasteiger partial charge in [0.2, 0.25) is 0 Å². The lowest BCUT2D eigenvalue weighted by molar-refractivity contribution is 0.489. The van der Waals surface area contributed by atoms with Crippen molar-refractivity contribution >= 4 is 0 Å². The Morgan fingerprint density at radius 3 is 2.56 bits per heavy atom. The van der Waals surface area contributed by atoms with Crippen LogP contribution in [0.5, 0.6) is 0 Å². The molecule has 1 aromatic rings. The van der Waals surface area contributed by atoms with Crippen molar-refractivity contribution in [2.24, 2.45) is 5.41 Å². The number of halogens is 1. The van der Waals surface area contributed by atoms with Crippen LogP contribution in [0.3, 0.4) is 0 Å². The van der Waals surface area contributed by atoms with Crippen LogP contribution < -0.4 is 5.32 Å². The second-order valence-corrected chi connectivity index (χ2v) is 5.64. The molecule has 88 valence electrons. The van der Waals surface area contributed by atoms with E-state index in [0.29, 0.717) is 17.0 Å². The molecule has 1 N–H and O–H groups in total. The van der Waals surface area contributed by atoms with Crippen molar-refractivity contribution in [2.45, 2.75) is 46.2 Å². The Morgan fingerprint density at radius 1 is 1.44 bits per heavy atom. The third-order valence-electron chi connectivity index (χ3n) is 3.66. The summed E-state index contributed by atoms with van der Waals surface area (Å²) >= 11 is 0. The number of hydrogen-bond donors (Lipinski definition) is 1. The van der Waals surface area contributed by atoms with Crippen LogP contribution in [0.1, 0.15) is 44.4 Å². The van der Waals surface area contributed by atoms with Gasteiger partial charge in [0, 0.05) is 12.1 Å². The minimum Gasteiger partial charge on any atom is -0.307 e. The second-order valence-electron chi connectivity index (χ2n) is 5.64. The van der Waals surface area contributed by atoms with E-state index in [-0.39, 0.29) is 11.9 Å². The van der Waals surface area contributed by atoms with Gasteiger partial charge in [0.05, 0.1) is 0 Å². The van der Waals surface area contributed by atoms with Gasteiger partial charge in [-0.05, 0) is 42.9 Å². The molecule has 1 fully saturated rings. The second kappa shape index (κ2) is 3.85. The maximum Gasteiger partial charge on any atom is 0.126 e. The van der Waals surface area contributed by atoms with Gasteiger partial charge >= 0.3 is 0 Å². The van der Waals surface area contributed by atoms with Gasteiger partial charge in [0.15, 0.2) is 0 Å². The molecule has 0 amide bonds. The smallest absolute Gasteiger partial charge is 0.126 e. The van der Waals surface area contributed by atoms with Gasteiger partial charge in [0.25, 0.3) is 0 Å². The number of hydrogen-bond acceptors (Lipinski definition) is 1. The maximum absolute atomic E-state index is 13.4. The van der Waals surface area contributed by atoms with Crippen LogP contribution in [0.15, 0.2) is 18.2 Å². The third-order valence-corrected chi connectivity index (χ3v) is 3.66. The minimum absolute atomic E-state index is 0.110. The average molecular weight is 221 g/mol. The third kappa shape index (κ3) is 2.27. The Hall–Kier alpha value is -0.890. The van der Waals surface area contributed by atoms with Crippen molar-refractivity contribution in [1.29, 1.82) is 0 Å². The van der Waals surface area contributed by atoms with Gasteiger partial charge in [-0.1, -0.05) is 26.0 Å². The molecule has 2 heteroatoms. The molecule has 2 rings (SSSR count). The Bertz CT molecular complexity index is 398. The van der Waals surface area contributed by atoms with E-state index in [2.05, 4.69) is 26.1 Å². The fraction of sp³-hybridized carbons (Fsp3) is 0.571. The van der Waals surface area contributed by atoms with Gasteiger partial charge in [-0.15, -0.1) is 0 Å². The topological polar surface area (TPSA) is 12.0 Å². The largest absolute Gasteiger partial charge is 0.307 e. The molecule has 1 saturated carbocycles. The predicted molar refractivity (Wildman–Crippen MR) is 64.9 cm³/mol. The summed E-state index contributed by atoms with van der Waals surface area (Å²) in [5.41, 5.74) is 2.16. The van der Waals surface area contributed by atoms with Crippen molar-refractivity contribution in [3.05, 3.63) is 35.1 Å².